The van der Waals surface area contributed by atoms with Crippen molar-refractivity contribution in [3.05, 3.63) is 52.5 Å². The molecule has 1 aromatic heterocycles. The molecule has 0 fully saturated rings. The highest BCUT2D eigenvalue weighted by molar-refractivity contribution is 6.68. The number of nitrogens with two attached hydrogens (primary N) is 1. The Morgan fingerprint density at radius 3 is 2.44 bits per heavy atom. The lowest BCUT2D eigenvalue weighted by atomic mass is 10.1. The second-order valence-corrected chi connectivity index (χ2v) is 7.74. The van der Waals surface area contributed by atoms with E-state index in [1.165, 1.54) is 20.0 Å². The van der Waals surface area contributed by atoms with Crippen LogP contribution in [0, 0.1) is 18.2 Å². The molecule has 0 spiro atoms. The van der Waals surface area contributed by atoms with Crippen molar-refractivity contribution in [1.29, 1.82) is 5.41 Å². The number of aliphatic hydroxyl groups excluding tert-OH is 1. The Kier molecular flexibility index (Phi) is 8.22. The van der Waals surface area contributed by atoms with Crippen LogP contribution in [0.25, 0.3) is 11.3 Å². The molecule has 34 heavy (non-hydrogen) atoms. The molecule has 1 amide bonds. The number of hydrogen-bond donors (Lipinski definition) is 4. The largest absolute Gasteiger partial charge is 0.480 e. The molecule has 0 aliphatic carbocycles. The molecular formula is C21H22ClF4N5O3. The van der Waals surface area contributed by atoms with E-state index in [2.05, 4.69) is 15.3 Å². The Bertz CT molecular complexity index is 1150. The first-order chi connectivity index (χ1) is 15.6. The van der Waals surface area contributed by atoms with Gasteiger partial charge in [0, 0.05) is 11.3 Å². The Morgan fingerprint density at radius 1 is 1.32 bits per heavy atom. The molecule has 0 aliphatic rings. The number of aliphatic hydroxyl groups is 1. The van der Waals surface area contributed by atoms with Gasteiger partial charge >= 0.3 is 6.18 Å². The van der Waals surface area contributed by atoms with E-state index in [1.807, 2.05) is 0 Å². The topological polar surface area (TPSA) is 134 Å². The lowest BCUT2D eigenvalue weighted by Crippen LogP contribution is -2.33. The highest BCUT2D eigenvalue weighted by Gasteiger charge is 2.39. The number of halogens is 5. The Balaban J connectivity index is 2.67. The fourth-order valence-corrected chi connectivity index (χ4v) is 2.97. The van der Waals surface area contributed by atoms with E-state index in [0.29, 0.717) is 18.7 Å². The van der Waals surface area contributed by atoms with Gasteiger partial charge in [-0.25, -0.2) is 9.37 Å². The number of aryl methyl sites for hydroxylation is 1. The van der Waals surface area contributed by atoms with E-state index in [1.54, 1.807) is 6.92 Å². The number of ether oxygens (including phenoxy) is 1. The van der Waals surface area contributed by atoms with Crippen LogP contribution in [-0.4, -0.2) is 38.4 Å². The number of amides is 1. The average Bonchev–Trinajstić information content (AvgIpc) is 2.71. The van der Waals surface area contributed by atoms with Gasteiger partial charge in [-0.05, 0) is 39.8 Å². The van der Waals surface area contributed by atoms with Crippen molar-refractivity contribution in [3.8, 4) is 17.0 Å². The molecule has 13 heteroatoms. The Morgan fingerprint density at radius 2 is 1.94 bits per heavy atom. The van der Waals surface area contributed by atoms with Crippen LogP contribution < -0.4 is 15.8 Å². The SMILES string of the molecule is C/C(N)=C(\NC(=O)c1cc(F)c(-c2cnc(C)c(C(C)O)n2)cc1O[C@@H](C)C(F)(F)F)C(=N)Cl. The Hall–Kier alpha value is -3.25. The van der Waals surface area contributed by atoms with Crippen LogP contribution in [0.1, 0.15) is 48.6 Å². The van der Waals surface area contributed by atoms with Gasteiger partial charge in [-0.15, -0.1) is 0 Å². The minimum absolute atomic E-state index is 0.0582. The lowest BCUT2D eigenvalue weighted by molar-refractivity contribution is -0.189. The van der Waals surface area contributed by atoms with Crippen molar-refractivity contribution in [1.82, 2.24) is 15.3 Å². The van der Waals surface area contributed by atoms with Gasteiger partial charge in [0.25, 0.3) is 5.91 Å². The van der Waals surface area contributed by atoms with Crippen molar-refractivity contribution in [3.63, 3.8) is 0 Å². The van der Waals surface area contributed by atoms with E-state index >= 15 is 4.39 Å². The molecule has 1 aromatic carbocycles. The predicted molar refractivity (Wildman–Crippen MR) is 117 cm³/mol. The van der Waals surface area contributed by atoms with Crippen LogP contribution in [0.5, 0.6) is 5.75 Å². The van der Waals surface area contributed by atoms with Crippen molar-refractivity contribution in [2.24, 2.45) is 5.73 Å². The maximum absolute atomic E-state index is 15.0. The van der Waals surface area contributed by atoms with Crippen LogP contribution >= 0.6 is 11.6 Å². The first-order valence-electron chi connectivity index (χ1n) is 9.74. The van der Waals surface area contributed by atoms with Gasteiger partial charge in [-0.2, -0.15) is 13.2 Å². The molecule has 8 nitrogen and oxygen atoms in total. The molecule has 2 atom stereocenters. The third-order valence-electron chi connectivity index (χ3n) is 4.59. The number of alkyl halides is 3. The van der Waals surface area contributed by atoms with Crippen molar-refractivity contribution < 1.29 is 32.2 Å². The summed E-state index contributed by atoms with van der Waals surface area (Å²) in [5.74, 6) is -2.75. The Labute approximate surface area is 197 Å². The zero-order valence-electron chi connectivity index (χ0n) is 18.5. The van der Waals surface area contributed by atoms with Gasteiger partial charge in [0.15, 0.2) is 6.10 Å². The number of nitrogens with zero attached hydrogens (tertiary/aromatic N) is 2. The first-order valence-corrected chi connectivity index (χ1v) is 10.1. The third kappa shape index (κ3) is 6.20. The summed E-state index contributed by atoms with van der Waals surface area (Å²) in [7, 11) is 0. The van der Waals surface area contributed by atoms with Gasteiger partial charge in [-0.3, -0.25) is 15.2 Å². The zero-order valence-corrected chi connectivity index (χ0v) is 19.3. The summed E-state index contributed by atoms with van der Waals surface area (Å²) in [4.78, 5) is 20.9. The molecule has 1 unspecified atom stereocenters. The summed E-state index contributed by atoms with van der Waals surface area (Å²) in [5, 5.41) is 18.9. The fourth-order valence-electron chi connectivity index (χ4n) is 2.78. The van der Waals surface area contributed by atoms with Crippen LogP contribution in [0.3, 0.4) is 0 Å². The molecule has 2 rings (SSSR count). The lowest BCUT2D eigenvalue weighted by Gasteiger charge is -2.21. The molecule has 5 N–H and O–H groups in total. The van der Waals surface area contributed by atoms with Gasteiger partial charge in [0.2, 0.25) is 0 Å². The molecule has 0 saturated heterocycles. The predicted octanol–water partition coefficient (Wildman–Crippen LogP) is 4.11. The summed E-state index contributed by atoms with van der Waals surface area (Å²) >= 11 is 5.58. The van der Waals surface area contributed by atoms with Gasteiger partial charge < -0.3 is 20.9 Å². The number of carbonyl (C=O) groups excluding carboxylic acids is 1. The second-order valence-electron chi connectivity index (χ2n) is 7.36. The average molecular weight is 504 g/mol. The summed E-state index contributed by atoms with van der Waals surface area (Å²) < 4.78 is 59.5. The molecule has 0 aliphatic heterocycles. The van der Waals surface area contributed by atoms with Gasteiger partial charge in [0.05, 0.1) is 40.6 Å². The minimum Gasteiger partial charge on any atom is -0.480 e. The number of hydrogen-bond acceptors (Lipinski definition) is 7. The molecule has 0 bridgehead atoms. The number of allylic oxidation sites excluding steroid dienone is 2. The highest BCUT2D eigenvalue weighted by Crippen LogP contribution is 2.33. The van der Waals surface area contributed by atoms with E-state index in [0.717, 1.165) is 6.07 Å². The normalized spacial score (nSPS) is 14.2. The molecule has 1 heterocycles. The summed E-state index contributed by atoms with van der Waals surface area (Å²) in [5.41, 5.74) is 4.69. The molecule has 0 saturated carbocycles. The maximum atomic E-state index is 15.0. The fraction of sp³-hybridized carbons (Fsp3) is 0.333. The van der Waals surface area contributed by atoms with Crippen molar-refractivity contribution >= 4 is 22.7 Å². The summed E-state index contributed by atoms with van der Waals surface area (Å²) in [6.07, 6.45) is -7.02. The monoisotopic (exact) mass is 503 g/mol. The van der Waals surface area contributed by atoms with Crippen molar-refractivity contribution in [2.45, 2.75) is 46.1 Å². The highest BCUT2D eigenvalue weighted by atomic mass is 35.5. The van der Waals surface area contributed by atoms with Crippen LogP contribution in [0.15, 0.2) is 29.7 Å². The van der Waals surface area contributed by atoms with E-state index in [4.69, 9.17) is 27.5 Å². The number of rotatable bonds is 7. The molecule has 184 valence electrons. The van der Waals surface area contributed by atoms with E-state index in [-0.39, 0.29) is 28.3 Å². The number of carbonyl (C=O) groups is 1. The quantitative estimate of drug-likeness (QED) is 0.332. The van der Waals surface area contributed by atoms with Gasteiger partial charge in [-0.1, -0.05) is 11.6 Å². The second kappa shape index (κ2) is 10.3. The third-order valence-corrected chi connectivity index (χ3v) is 4.78. The molecule has 2 aromatic rings. The first kappa shape index (κ1) is 27.0. The smallest absolute Gasteiger partial charge is 0.425 e. The number of benzene rings is 1. The summed E-state index contributed by atoms with van der Waals surface area (Å²) in [6, 6.07) is 1.54. The van der Waals surface area contributed by atoms with Crippen LogP contribution in [-0.2, 0) is 0 Å². The zero-order chi connectivity index (χ0) is 26.0. The van der Waals surface area contributed by atoms with Crippen LogP contribution in [0.4, 0.5) is 17.6 Å². The molecule has 0 radical (unpaired) electrons. The van der Waals surface area contributed by atoms with Gasteiger partial charge in [0.1, 0.15) is 16.7 Å². The maximum Gasteiger partial charge on any atom is 0.425 e. The molecular weight excluding hydrogens is 482 g/mol. The number of aromatic nitrogens is 2. The summed E-state index contributed by atoms with van der Waals surface area (Å²) in [6.45, 7) is 5.03. The van der Waals surface area contributed by atoms with Crippen LogP contribution in [0.2, 0.25) is 0 Å². The standard InChI is InChI=1S/C21H22ClF4N5O3/c1-8(27)17(19(22)28)31-20(33)13-5-14(23)12(6-16(13)34-11(4)21(24,25)26)15-7-29-9(2)18(30-15)10(3)32/h5-7,10-11,28,32H,27H2,1-4H3,(H,31,33)/b17-8+,28-19?/t10?,11-/m0/s1. The van der Waals surface area contributed by atoms with Crippen molar-refractivity contribution in [2.75, 3.05) is 0 Å². The van der Waals surface area contributed by atoms with E-state index < -0.39 is 46.6 Å². The van der Waals surface area contributed by atoms with E-state index in [9.17, 15) is 23.1 Å². The number of nitrogens with one attached hydrogen (secondary N) is 2. The minimum atomic E-state index is -4.79.